The molecule has 0 heterocycles. The number of rotatable bonds is 16. The minimum absolute atomic E-state index is 0.0538. The fourth-order valence-electron chi connectivity index (χ4n) is 3.78. The third-order valence-corrected chi connectivity index (χ3v) is 5.99. The monoisotopic (exact) mass is 622 g/mol. The van der Waals surface area contributed by atoms with Gasteiger partial charge in [-0.3, -0.25) is 25.0 Å². The van der Waals surface area contributed by atoms with Crippen molar-refractivity contribution in [1.29, 1.82) is 0 Å². The Hall–Kier alpha value is -3.23. The first-order valence-electron chi connectivity index (χ1n) is 14.4. The Balaban J connectivity index is 0. The molecular formula is C28H54N4O11. The molecule has 0 aliphatic heterocycles. The van der Waals surface area contributed by atoms with Gasteiger partial charge in [-0.25, -0.2) is 9.59 Å². The molecule has 2 amide bonds. The van der Waals surface area contributed by atoms with E-state index in [-0.39, 0.29) is 36.8 Å². The summed E-state index contributed by atoms with van der Waals surface area (Å²) in [6.07, 6.45) is 1.12. The van der Waals surface area contributed by atoms with Crippen LogP contribution in [0.25, 0.3) is 0 Å². The molecule has 0 rings (SSSR count). The van der Waals surface area contributed by atoms with Crippen LogP contribution in [0.15, 0.2) is 0 Å². The van der Waals surface area contributed by atoms with Crippen LogP contribution in [0.5, 0.6) is 0 Å². The number of carbonyl (C=O) groups is 3. The van der Waals surface area contributed by atoms with Crippen LogP contribution >= 0.6 is 0 Å². The molecule has 0 aliphatic rings. The van der Waals surface area contributed by atoms with Crippen LogP contribution in [0, 0.1) is 32.1 Å². The maximum Gasteiger partial charge on any atom is 0.407 e. The standard InChI is InChI=1S/C14H26N2O6.C14H28N2O5/c1-13(2,3)22-12(19)15-8-6-7-10(11(17)18)9-14(4,5)16(20)21;1-13(2,3)21-12(18)15-8-6-7-11(10-17)9-14(4,5)16(19)20/h10H,6-9H2,1-5H3,(H,15,19)(H,17,18);11,17H,6-10H2,1-5H3,(H,15,18)/t10-;11-/m11/s1. The van der Waals surface area contributed by atoms with Crippen molar-refractivity contribution in [3.05, 3.63) is 20.2 Å². The first-order chi connectivity index (χ1) is 19.3. The molecule has 0 unspecified atom stereocenters. The first-order valence-corrected chi connectivity index (χ1v) is 14.4. The highest BCUT2D eigenvalue weighted by atomic mass is 16.6. The Labute approximate surface area is 254 Å². The van der Waals surface area contributed by atoms with Crippen molar-refractivity contribution in [3.8, 4) is 0 Å². The molecule has 2 atom stereocenters. The highest BCUT2D eigenvalue weighted by Crippen LogP contribution is 2.24. The number of alkyl carbamates (subject to hydrolysis) is 2. The Kier molecular flexibility index (Phi) is 18.0. The molecule has 0 saturated carbocycles. The van der Waals surface area contributed by atoms with Crippen LogP contribution in [0.4, 0.5) is 9.59 Å². The third-order valence-electron chi connectivity index (χ3n) is 5.99. The van der Waals surface area contributed by atoms with Crippen molar-refractivity contribution in [2.75, 3.05) is 19.7 Å². The molecule has 0 fully saturated rings. The first kappa shape index (κ1) is 41.9. The van der Waals surface area contributed by atoms with Gasteiger partial charge in [-0.15, -0.1) is 0 Å². The maximum absolute atomic E-state index is 11.4. The summed E-state index contributed by atoms with van der Waals surface area (Å²) in [6.45, 7) is 17.1. The van der Waals surface area contributed by atoms with E-state index in [9.17, 15) is 39.7 Å². The molecule has 0 aromatic rings. The molecule has 0 aromatic heterocycles. The second-order valence-electron chi connectivity index (χ2n) is 13.8. The molecule has 0 bridgehead atoms. The van der Waals surface area contributed by atoms with Crippen molar-refractivity contribution in [2.24, 2.45) is 11.8 Å². The zero-order valence-electron chi connectivity index (χ0n) is 27.5. The Bertz CT molecular complexity index is 909. The lowest BCUT2D eigenvalue weighted by atomic mass is 9.88. The van der Waals surface area contributed by atoms with Crippen LogP contribution in [0.2, 0.25) is 0 Å². The van der Waals surface area contributed by atoms with E-state index >= 15 is 0 Å². The van der Waals surface area contributed by atoms with Crippen molar-refractivity contribution < 1.29 is 43.9 Å². The van der Waals surface area contributed by atoms with Crippen LogP contribution in [0.1, 0.15) is 108 Å². The second kappa shape index (κ2) is 18.4. The van der Waals surface area contributed by atoms with Gasteiger partial charge in [0.2, 0.25) is 11.1 Å². The molecule has 4 N–H and O–H groups in total. The van der Waals surface area contributed by atoms with Crippen LogP contribution in [-0.4, -0.2) is 80.2 Å². The lowest BCUT2D eigenvalue weighted by Crippen LogP contribution is -2.36. The number of aliphatic carboxylic acids is 1. The number of aliphatic hydroxyl groups excluding tert-OH is 1. The molecule has 252 valence electrons. The second-order valence-corrected chi connectivity index (χ2v) is 13.8. The average Bonchev–Trinajstić information content (AvgIpc) is 2.80. The topological polar surface area (TPSA) is 220 Å². The Morgan fingerprint density at radius 2 is 1.09 bits per heavy atom. The zero-order valence-corrected chi connectivity index (χ0v) is 27.5. The van der Waals surface area contributed by atoms with Gasteiger partial charge in [-0.1, -0.05) is 0 Å². The number of carboxylic acid groups (broad SMARTS) is 1. The summed E-state index contributed by atoms with van der Waals surface area (Å²) < 4.78 is 10.1. The molecule has 0 spiro atoms. The normalized spacial score (nSPS) is 13.5. The van der Waals surface area contributed by atoms with Gasteiger partial charge in [-0.05, 0) is 73.1 Å². The fourth-order valence-corrected chi connectivity index (χ4v) is 3.78. The van der Waals surface area contributed by atoms with E-state index < -0.39 is 51.3 Å². The van der Waals surface area contributed by atoms with E-state index in [1.54, 1.807) is 55.4 Å². The van der Waals surface area contributed by atoms with Crippen molar-refractivity contribution >= 4 is 18.2 Å². The highest BCUT2D eigenvalue weighted by molar-refractivity contribution is 5.70. The summed E-state index contributed by atoms with van der Waals surface area (Å²) in [5.41, 5.74) is -3.47. The smallest absolute Gasteiger partial charge is 0.407 e. The summed E-state index contributed by atoms with van der Waals surface area (Å²) in [6, 6.07) is 0. The van der Waals surface area contributed by atoms with Crippen molar-refractivity contribution in [2.45, 2.75) is 130 Å². The predicted octanol–water partition coefficient (Wildman–Crippen LogP) is 4.78. The molecular weight excluding hydrogens is 568 g/mol. The average molecular weight is 623 g/mol. The number of ether oxygens (including phenoxy) is 2. The van der Waals surface area contributed by atoms with Gasteiger partial charge in [0.1, 0.15) is 11.2 Å². The van der Waals surface area contributed by atoms with Gasteiger partial charge in [0.25, 0.3) is 0 Å². The summed E-state index contributed by atoms with van der Waals surface area (Å²) >= 11 is 0. The predicted molar refractivity (Wildman–Crippen MR) is 160 cm³/mol. The minimum atomic E-state index is -1.29. The van der Waals surface area contributed by atoms with Gasteiger partial charge < -0.3 is 30.3 Å². The molecule has 15 heteroatoms. The van der Waals surface area contributed by atoms with E-state index in [2.05, 4.69) is 10.6 Å². The fraction of sp³-hybridized carbons (Fsp3) is 0.893. The van der Waals surface area contributed by atoms with Gasteiger partial charge in [0.15, 0.2) is 0 Å². The van der Waals surface area contributed by atoms with Gasteiger partial charge in [-0.2, -0.15) is 0 Å². The van der Waals surface area contributed by atoms with Crippen LogP contribution in [0.3, 0.4) is 0 Å². The van der Waals surface area contributed by atoms with Crippen LogP contribution in [-0.2, 0) is 14.3 Å². The summed E-state index contributed by atoms with van der Waals surface area (Å²) in [4.78, 5) is 55.0. The molecule has 0 radical (unpaired) electrons. The van der Waals surface area contributed by atoms with E-state index in [1.807, 2.05) is 0 Å². The lowest BCUT2D eigenvalue weighted by molar-refractivity contribution is -0.563. The largest absolute Gasteiger partial charge is 0.481 e. The van der Waals surface area contributed by atoms with Gasteiger partial charge in [0, 0.05) is 70.1 Å². The van der Waals surface area contributed by atoms with E-state index in [4.69, 9.17) is 14.6 Å². The molecule has 43 heavy (non-hydrogen) atoms. The van der Waals surface area contributed by atoms with E-state index in [0.29, 0.717) is 32.2 Å². The number of nitrogens with one attached hydrogen (secondary N) is 2. The van der Waals surface area contributed by atoms with Gasteiger partial charge >= 0.3 is 18.2 Å². The minimum Gasteiger partial charge on any atom is -0.481 e. The number of hydrogen-bond acceptors (Lipinski definition) is 10. The summed E-state index contributed by atoms with van der Waals surface area (Å²) in [5.74, 6) is -2.03. The van der Waals surface area contributed by atoms with E-state index in [1.165, 1.54) is 13.8 Å². The van der Waals surface area contributed by atoms with Crippen molar-refractivity contribution in [3.63, 3.8) is 0 Å². The Morgan fingerprint density at radius 3 is 1.42 bits per heavy atom. The molecule has 15 nitrogen and oxygen atoms in total. The Morgan fingerprint density at radius 1 is 0.721 bits per heavy atom. The number of amides is 2. The number of nitro groups is 2. The summed E-state index contributed by atoms with van der Waals surface area (Å²) in [5, 5.41) is 45.3. The van der Waals surface area contributed by atoms with E-state index in [0.717, 1.165) is 0 Å². The highest BCUT2D eigenvalue weighted by Gasteiger charge is 2.37. The quantitative estimate of drug-likeness (QED) is 0.104. The number of carbonyl (C=O) groups excluding carboxylic acids is 2. The zero-order chi connectivity index (χ0) is 34.2. The molecule has 0 aromatic carbocycles. The SMILES string of the molecule is CC(C)(C)OC(=O)NCCC[C@@H](CO)CC(C)(C)[N+](=O)[O-].CC(C)(C)OC(=O)NCCC[C@H](CC(C)(C)[N+](=O)[O-])C(=O)O. The number of hydrogen-bond donors (Lipinski definition) is 4. The van der Waals surface area contributed by atoms with Crippen molar-refractivity contribution in [1.82, 2.24) is 10.6 Å². The molecule has 0 aliphatic carbocycles. The van der Waals surface area contributed by atoms with Crippen LogP contribution < -0.4 is 10.6 Å². The maximum atomic E-state index is 11.4. The lowest BCUT2D eigenvalue weighted by Gasteiger charge is -2.22. The third kappa shape index (κ3) is 22.0. The van der Waals surface area contributed by atoms with Gasteiger partial charge in [0.05, 0.1) is 5.92 Å². The number of aliphatic hydroxyl groups is 1. The molecule has 0 saturated heterocycles. The number of nitrogens with zero attached hydrogens (tertiary/aromatic N) is 2. The number of carboxylic acids is 1. The summed E-state index contributed by atoms with van der Waals surface area (Å²) in [7, 11) is 0.